The topological polar surface area (TPSA) is 67.8 Å². The van der Waals surface area contributed by atoms with E-state index in [2.05, 4.69) is 5.32 Å². The Morgan fingerprint density at radius 1 is 1.29 bits per heavy atom. The Morgan fingerprint density at radius 2 is 2.06 bits per heavy atom. The number of ether oxygens (including phenoxy) is 2. The Kier molecular flexibility index (Phi) is 4.36. The summed E-state index contributed by atoms with van der Waals surface area (Å²) in [5.41, 5.74) is -0.719. The van der Waals surface area contributed by atoms with Gasteiger partial charge in [0.25, 0.3) is 5.91 Å². The van der Waals surface area contributed by atoms with E-state index in [0.717, 1.165) is 25.7 Å². The lowest BCUT2D eigenvalue weighted by molar-refractivity contribution is -0.148. The Hall–Kier alpha value is -0.650. The van der Waals surface area contributed by atoms with Crippen molar-refractivity contribution in [1.82, 2.24) is 5.32 Å². The molecule has 0 aromatic rings. The zero-order valence-corrected chi connectivity index (χ0v) is 10.1. The molecule has 5 nitrogen and oxygen atoms in total. The van der Waals surface area contributed by atoms with Gasteiger partial charge in [-0.25, -0.2) is 0 Å². The van der Waals surface area contributed by atoms with Crippen molar-refractivity contribution in [2.24, 2.45) is 0 Å². The van der Waals surface area contributed by atoms with Crippen molar-refractivity contribution in [1.29, 1.82) is 0 Å². The van der Waals surface area contributed by atoms with Crippen LogP contribution in [0.2, 0.25) is 0 Å². The van der Waals surface area contributed by atoms with Crippen LogP contribution >= 0.6 is 0 Å². The lowest BCUT2D eigenvalue weighted by atomic mass is 9.85. The van der Waals surface area contributed by atoms with Crippen LogP contribution in [0.15, 0.2) is 0 Å². The third-order valence-corrected chi connectivity index (χ3v) is 3.48. The second-order valence-corrected chi connectivity index (χ2v) is 4.94. The molecule has 1 unspecified atom stereocenters. The van der Waals surface area contributed by atoms with Gasteiger partial charge in [0.15, 0.2) is 6.10 Å². The van der Waals surface area contributed by atoms with Crippen LogP contribution in [-0.2, 0) is 14.3 Å². The molecule has 0 radical (unpaired) electrons. The van der Waals surface area contributed by atoms with Crippen molar-refractivity contribution in [3.05, 3.63) is 0 Å². The lowest BCUT2D eigenvalue weighted by Crippen LogP contribution is -2.49. The first-order chi connectivity index (χ1) is 8.20. The molecule has 2 rings (SSSR count). The van der Waals surface area contributed by atoms with Crippen molar-refractivity contribution in [3.8, 4) is 0 Å². The first-order valence-electron chi connectivity index (χ1n) is 6.39. The first kappa shape index (κ1) is 12.8. The fraction of sp³-hybridized carbons (Fsp3) is 0.917. The average Bonchev–Trinajstić information content (AvgIpc) is 2.38. The van der Waals surface area contributed by atoms with E-state index in [1.54, 1.807) is 0 Å². The van der Waals surface area contributed by atoms with Gasteiger partial charge in [-0.05, 0) is 12.8 Å². The molecular weight excluding hydrogens is 222 g/mol. The van der Waals surface area contributed by atoms with Crippen LogP contribution in [0.5, 0.6) is 0 Å². The number of carbonyl (C=O) groups is 1. The number of aliphatic hydroxyl groups is 1. The normalized spacial score (nSPS) is 28.6. The number of amides is 1. The van der Waals surface area contributed by atoms with Crippen molar-refractivity contribution in [3.63, 3.8) is 0 Å². The summed E-state index contributed by atoms with van der Waals surface area (Å²) >= 11 is 0. The van der Waals surface area contributed by atoms with E-state index in [4.69, 9.17) is 9.47 Å². The van der Waals surface area contributed by atoms with Gasteiger partial charge in [-0.15, -0.1) is 0 Å². The predicted molar refractivity (Wildman–Crippen MR) is 61.6 cm³/mol. The number of rotatable bonds is 3. The predicted octanol–water partition coefficient (Wildman–Crippen LogP) is 0.213. The summed E-state index contributed by atoms with van der Waals surface area (Å²) in [5.74, 6) is -0.177. The van der Waals surface area contributed by atoms with E-state index in [9.17, 15) is 9.90 Å². The molecule has 0 aromatic carbocycles. The molecule has 98 valence electrons. The SMILES string of the molecule is O=C(NCC1(O)CCCCC1)C1COCCO1. The van der Waals surface area contributed by atoms with Crippen molar-refractivity contribution in [2.45, 2.75) is 43.8 Å². The van der Waals surface area contributed by atoms with Gasteiger partial charge < -0.3 is 19.9 Å². The number of carbonyl (C=O) groups excluding carboxylic acids is 1. The van der Waals surface area contributed by atoms with Gasteiger partial charge in [0.1, 0.15) is 0 Å². The second-order valence-electron chi connectivity index (χ2n) is 4.94. The van der Waals surface area contributed by atoms with Crippen LogP contribution in [-0.4, -0.2) is 49.1 Å². The van der Waals surface area contributed by atoms with E-state index in [1.165, 1.54) is 6.42 Å². The Balaban J connectivity index is 1.74. The largest absolute Gasteiger partial charge is 0.388 e. The standard InChI is InChI=1S/C12H21NO4/c14-11(10-8-16-6-7-17-10)13-9-12(15)4-2-1-3-5-12/h10,15H,1-9H2,(H,13,14). The highest BCUT2D eigenvalue weighted by molar-refractivity contribution is 5.81. The highest BCUT2D eigenvalue weighted by Gasteiger charge is 2.31. The summed E-state index contributed by atoms with van der Waals surface area (Å²) < 4.78 is 10.5. The fourth-order valence-electron chi connectivity index (χ4n) is 2.39. The molecule has 2 aliphatic rings. The van der Waals surface area contributed by atoms with Gasteiger partial charge in [0.2, 0.25) is 0 Å². The van der Waals surface area contributed by atoms with Crippen molar-refractivity contribution >= 4 is 5.91 Å². The molecule has 0 spiro atoms. The van der Waals surface area contributed by atoms with Gasteiger partial charge >= 0.3 is 0 Å². The number of nitrogens with one attached hydrogen (secondary N) is 1. The minimum atomic E-state index is -0.719. The van der Waals surface area contributed by atoms with Crippen LogP contribution in [0, 0.1) is 0 Å². The maximum absolute atomic E-state index is 11.8. The molecule has 1 saturated carbocycles. The first-order valence-corrected chi connectivity index (χ1v) is 6.39. The summed E-state index contributed by atoms with van der Waals surface area (Å²) in [7, 11) is 0. The molecule has 1 saturated heterocycles. The molecule has 2 fully saturated rings. The van der Waals surface area contributed by atoms with Crippen LogP contribution < -0.4 is 5.32 Å². The molecule has 1 atom stereocenters. The third kappa shape index (κ3) is 3.66. The summed E-state index contributed by atoms with van der Waals surface area (Å²) in [6.45, 7) is 1.64. The Bertz CT molecular complexity index is 257. The van der Waals surface area contributed by atoms with Crippen LogP contribution in [0.3, 0.4) is 0 Å². The molecule has 17 heavy (non-hydrogen) atoms. The number of hydrogen-bond donors (Lipinski definition) is 2. The summed E-state index contributed by atoms with van der Waals surface area (Å²) in [6.07, 6.45) is 4.28. The zero-order valence-electron chi connectivity index (χ0n) is 10.1. The zero-order chi connectivity index (χ0) is 12.1. The lowest BCUT2D eigenvalue weighted by Gasteiger charge is -2.33. The molecular formula is C12H21NO4. The molecule has 2 N–H and O–H groups in total. The molecule has 0 bridgehead atoms. The monoisotopic (exact) mass is 243 g/mol. The highest BCUT2D eigenvalue weighted by Crippen LogP contribution is 2.27. The molecule has 0 aromatic heterocycles. The van der Waals surface area contributed by atoms with E-state index in [-0.39, 0.29) is 5.91 Å². The number of hydrogen-bond acceptors (Lipinski definition) is 4. The van der Waals surface area contributed by atoms with E-state index < -0.39 is 11.7 Å². The average molecular weight is 243 g/mol. The van der Waals surface area contributed by atoms with E-state index >= 15 is 0 Å². The maximum atomic E-state index is 11.8. The smallest absolute Gasteiger partial charge is 0.251 e. The Morgan fingerprint density at radius 3 is 2.71 bits per heavy atom. The van der Waals surface area contributed by atoms with E-state index in [0.29, 0.717) is 26.4 Å². The quantitative estimate of drug-likeness (QED) is 0.743. The van der Waals surface area contributed by atoms with Crippen molar-refractivity contribution in [2.75, 3.05) is 26.4 Å². The van der Waals surface area contributed by atoms with Gasteiger partial charge in [-0.2, -0.15) is 0 Å². The second kappa shape index (κ2) is 5.80. The third-order valence-electron chi connectivity index (χ3n) is 3.48. The van der Waals surface area contributed by atoms with Gasteiger partial charge in [-0.1, -0.05) is 19.3 Å². The van der Waals surface area contributed by atoms with Gasteiger partial charge in [0, 0.05) is 6.54 Å². The van der Waals surface area contributed by atoms with E-state index in [1.807, 2.05) is 0 Å². The summed E-state index contributed by atoms with van der Waals surface area (Å²) in [4.78, 5) is 11.8. The maximum Gasteiger partial charge on any atom is 0.251 e. The van der Waals surface area contributed by atoms with Crippen LogP contribution in [0.4, 0.5) is 0 Å². The Labute approximate surface area is 101 Å². The van der Waals surface area contributed by atoms with Crippen molar-refractivity contribution < 1.29 is 19.4 Å². The molecule has 1 amide bonds. The summed E-state index contributed by atoms with van der Waals surface area (Å²) in [5, 5.41) is 13.0. The van der Waals surface area contributed by atoms with Gasteiger partial charge in [0.05, 0.1) is 25.4 Å². The molecule has 5 heteroatoms. The minimum Gasteiger partial charge on any atom is -0.388 e. The van der Waals surface area contributed by atoms with Gasteiger partial charge in [-0.3, -0.25) is 4.79 Å². The molecule has 1 heterocycles. The fourth-order valence-corrected chi connectivity index (χ4v) is 2.39. The van der Waals surface area contributed by atoms with Crippen LogP contribution in [0.25, 0.3) is 0 Å². The van der Waals surface area contributed by atoms with Crippen LogP contribution in [0.1, 0.15) is 32.1 Å². The highest BCUT2D eigenvalue weighted by atomic mass is 16.6. The molecule has 1 aliphatic heterocycles. The molecule has 1 aliphatic carbocycles. The summed E-state index contributed by atoms with van der Waals surface area (Å²) in [6, 6.07) is 0. The minimum absolute atomic E-state index is 0.177.